The number of fused-ring (bicyclic) bond motifs is 8. The molecule has 3 aromatic heterocycles. The van der Waals surface area contributed by atoms with E-state index in [9.17, 15) is 0 Å². The number of thiophene rings is 1. The molecule has 0 N–H and O–H groups in total. The van der Waals surface area contributed by atoms with E-state index in [0.717, 1.165) is 55.1 Å². The molecule has 48 heavy (non-hydrogen) atoms. The molecule has 0 amide bonds. The minimum atomic E-state index is 0.598. The van der Waals surface area contributed by atoms with Gasteiger partial charge in [-0.2, -0.15) is 0 Å². The van der Waals surface area contributed by atoms with Crippen molar-refractivity contribution in [3.05, 3.63) is 152 Å². The van der Waals surface area contributed by atoms with Crippen LogP contribution in [0.2, 0.25) is 0 Å². The van der Waals surface area contributed by atoms with Crippen molar-refractivity contribution in [2.45, 2.75) is 0 Å². The van der Waals surface area contributed by atoms with Crippen molar-refractivity contribution in [3.63, 3.8) is 0 Å². The molecular weight excluding hydrogens is 607 g/mol. The molecule has 0 radical (unpaired) electrons. The van der Waals surface area contributed by atoms with Crippen LogP contribution in [0.5, 0.6) is 0 Å². The van der Waals surface area contributed by atoms with E-state index >= 15 is 0 Å². The quantitative estimate of drug-likeness (QED) is 0.194. The third kappa shape index (κ3) is 4.25. The second kappa shape index (κ2) is 10.7. The molecule has 0 unspecified atom stereocenters. The first-order valence-electron chi connectivity index (χ1n) is 15.9. The lowest BCUT2D eigenvalue weighted by molar-refractivity contribution is 0.669. The molecule has 0 spiro atoms. The zero-order valence-electron chi connectivity index (χ0n) is 25.6. The highest BCUT2D eigenvalue weighted by atomic mass is 32.1. The van der Waals surface area contributed by atoms with E-state index in [4.69, 9.17) is 19.4 Å². The van der Waals surface area contributed by atoms with Crippen LogP contribution in [0.4, 0.5) is 0 Å². The zero-order valence-corrected chi connectivity index (χ0v) is 26.4. The van der Waals surface area contributed by atoms with Crippen LogP contribution in [0.1, 0.15) is 0 Å². The van der Waals surface area contributed by atoms with Gasteiger partial charge in [0.05, 0.1) is 0 Å². The summed E-state index contributed by atoms with van der Waals surface area (Å²) >= 11 is 1.82. The predicted octanol–water partition coefficient (Wildman–Crippen LogP) is 12.0. The van der Waals surface area contributed by atoms with E-state index in [1.54, 1.807) is 0 Å². The summed E-state index contributed by atoms with van der Waals surface area (Å²) in [7, 11) is 0. The van der Waals surface area contributed by atoms with Crippen LogP contribution in [0.25, 0.3) is 98.2 Å². The summed E-state index contributed by atoms with van der Waals surface area (Å²) in [5.41, 5.74) is 6.63. The Morgan fingerprint density at radius 1 is 0.417 bits per heavy atom. The molecule has 0 saturated carbocycles. The second-order valence-electron chi connectivity index (χ2n) is 12.0. The molecule has 0 atom stereocenters. The molecule has 0 bridgehead atoms. The molecule has 3 heterocycles. The van der Waals surface area contributed by atoms with Gasteiger partial charge in [0.1, 0.15) is 11.2 Å². The minimum absolute atomic E-state index is 0.598. The average molecular weight is 632 g/mol. The lowest BCUT2D eigenvalue weighted by Crippen LogP contribution is -2.00. The number of furan rings is 1. The van der Waals surface area contributed by atoms with Gasteiger partial charge in [0.15, 0.2) is 17.5 Å². The average Bonchev–Trinajstić information content (AvgIpc) is 3.74. The topological polar surface area (TPSA) is 51.8 Å². The summed E-state index contributed by atoms with van der Waals surface area (Å²) in [5, 5.41) is 7.04. The second-order valence-corrected chi connectivity index (χ2v) is 13.0. The molecule has 10 rings (SSSR count). The molecule has 4 nitrogen and oxygen atoms in total. The number of aromatic nitrogens is 3. The van der Waals surface area contributed by atoms with Crippen LogP contribution in [-0.4, -0.2) is 15.0 Å². The lowest BCUT2D eigenvalue weighted by atomic mass is 9.96. The van der Waals surface area contributed by atoms with E-state index in [2.05, 4.69) is 103 Å². The van der Waals surface area contributed by atoms with Gasteiger partial charge in [-0.05, 0) is 46.2 Å². The predicted molar refractivity (Wildman–Crippen MR) is 199 cm³/mol. The fourth-order valence-corrected chi connectivity index (χ4v) is 8.18. The van der Waals surface area contributed by atoms with Crippen molar-refractivity contribution in [1.82, 2.24) is 15.0 Å². The summed E-state index contributed by atoms with van der Waals surface area (Å²) in [6.45, 7) is 0. The van der Waals surface area contributed by atoms with Gasteiger partial charge in [-0.25, -0.2) is 15.0 Å². The summed E-state index contributed by atoms with van der Waals surface area (Å²) in [6.07, 6.45) is 0. The molecule has 0 fully saturated rings. The Labute approximate surface area is 279 Å². The van der Waals surface area contributed by atoms with Gasteiger partial charge in [0.2, 0.25) is 0 Å². The Balaban J connectivity index is 1.26. The van der Waals surface area contributed by atoms with E-state index in [-0.39, 0.29) is 0 Å². The van der Waals surface area contributed by atoms with Crippen molar-refractivity contribution >= 4 is 64.2 Å². The summed E-state index contributed by atoms with van der Waals surface area (Å²) in [4.78, 5) is 15.5. The first kappa shape index (κ1) is 27.0. The fraction of sp³-hybridized carbons (Fsp3) is 0. The van der Waals surface area contributed by atoms with E-state index in [1.807, 2.05) is 59.9 Å². The molecule has 0 aliphatic heterocycles. The van der Waals surface area contributed by atoms with Crippen molar-refractivity contribution < 1.29 is 4.42 Å². The first-order valence-corrected chi connectivity index (χ1v) is 16.8. The molecule has 0 aliphatic rings. The van der Waals surface area contributed by atoms with Gasteiger partial charge < -0.3 is 4.42 Å². The van der Waals surface area contributed by atoms with Gasteiger partial charge in [-0.3, -0.25) is 0 Å². The first-order chi connectivity index (χ1) is 23.8. The maximum absolute atomic E-state index is 6.47. The zero-order chi connectivity index (χ0) is 31.6. The van der Waals surface area contributed by atoms with Gasteiger partial charge in [0.25, 0.3) is 0 Å². The highest BCUT2D eigenvalue weighted by molar-refractivity contribution is 7.26. The van der Waals surface area contributed by atoms with Crippen LogP contribution in [0, 0.1) is 0 Å². The Kier molecular flexibility index (Phi) is 6.01. The number of para-hydroxylation sites is 1. The van der Waals surface area contributed by atoms with Crippen LogP contribution in [0.15, 0.2) is 156 Å². The highest BCUT2D eigenvalue weighted by Crippen LogP contribution is 2.43. The molecule has 7 aromatic carbocycles. The van der Waals surface area contributed by atoms with E-state index < -0.39 is 0 Å². The van der Waals surface area contributed by atoms with Crippen molar-refractivity contribution in [1.29, 1.82) is 0 Å². The monoisotopic (exact) mass is 631 g/mol. The Morgan fingerprint density at radius 2 is 1.10 bits per heavy atom. The van der Waals surface area contributed by atoms with Crippen LogP contribution in [-0.2, 0) is 0 Å². The minimum Gasteiger partial charge on any atom is -0.456 e. The van der Waals surface area contributed by atoms with Gasteiger partial charge in [-0.15, -0.1) is 11.3 Å². The van der Waals surface area contributed by atoms with Gasteiger partial charge in [0, 0.05) is 47.6 Å². The summed E-state index contributed by atoms with van der Waals surface area (Å²) < 4.78 is 8.95. The Morgan fingerprint density at radius 3 is 1.94 bits per heavy atom. The van der Waals surface area contributed by atoms with E-state index in [1.165, 1.54) is 25.6 Å². The van der Waals surface area contributed by atoms with Crippen molar-refractivity contribution in [3.8, 4) is 45.3 Å². The lowest BCUT2D eigenvalue weighted by Gasteiger charge is -2.11. The standard InChI is InChI=1S/C43H25N3OS/c1-3-12-26(13-4-1)34-24-29(25-36-38(34)31-18-9-10-20-35(31)47-36)42-44-41(28-15-5-2-6-16-28)45-43(46-42)33-19-11-21-37-39(33)32-23-22-27-14-7-8-17-30(27)40(32)48-37/h1-25H. The van der Waals surface area contributed by atoms with Crippen LogP contribution >= 0.6 is 11.3 Å². The molecule has 224 valence electrons. The molecular formula is C43H25N3OS. The number of hydrogen-bond acceptors (Lipinski definition) is 5. The number of rotatable bonds is 4. The van der Waals surface area contributed by atoms with Crippen molar-refractivity contribution in [2.75, 3.05) is 0 Å². The molecule has 5 heteroatoms. The van der Waals surface area contributed by atoms with Gasteiger partial charge in [-0.1, -0.05) is 127 Å². The summed E-state index contributed by atoms with van der Waals surface area (Å²) in [5.74, 6) is 1.87. The maximum Gasteiger partial charge on any atom is 0.164 e. The SMILES string of the molecule is c1ccc(-c2nc(-c3cc(-c4ccccc4)c4c(c3)oc3ccccc34)nc(-c3cccc4sc5c6ccccc6ccc5c34)n2)cc1. The van der Waals surface area contributed by atoms with Gasteiger partial charge >= 0.3 is 0 Å². The summed E-state index contributed by atoms with van der Waals surface area (Å²) in [6, 6.07) is 52.6. The smallest absolute Gasteiger partial charge is 0.164 e. The van der Waals surface area contributed by atoms with E-state index in [0.29, 0.717) is 17.5 Å². The van der Waals surface area contributed by atoms with Crippen molar-refractivity contribution in [2.24, 2.45) is 0 Å². The van der Waals surface area contributed by atoms with Crippen LogP contribution < -0.4 is 0 Å². The van der Waals surface area contributed by atoms with Crippen LogP contribution in [0.3, 0.4) is 0 Å². The highest BCUT2D eigenvalue weighted by Gasteiger charge is 2.20. The molecule has 0 saturated heterocycles. The number of hydrogen-bond donors (Lipinski definition) is 0. The molecule has 0 aliphatic carbocycles. The molecule has 10 aromatic rings. The fourth-order valence-electron chi connectivity index (χ4n) is 6.91. The normalized spacial score (nSPS) is 11.8. The third-order valence-electron chi connectivity index (χ3n) is 9.12. The number of benzene rings is 7. The maximum atomic E-state index is 6.47. The largest absolute Gasteiger partial charge is 0.456 e. The Hall–Kier alpha value is -6.17. The number of nitrogens with zero attached hydrogens (tertiary/aromatic N) is 3. The Bertz CT molecular complexity index is 2840. The third-order valence-corrected chi connectivity index (χ3v) is 10.3.